The molecule has 0 saturated heterocycles. The molecule has 0 atom stereocenters. The molecule has 0 spiro atoms. The summed E-state index contributed by atoms with van der Waals surface area (Å²) in [5, 5.41) is 9.80. The smallest absolute Gasteiger partial charge is 0.166 e. The lowest BCUT2D eigenvalue weighted by Gasteiger charge is -2.06. The van der Waals surface area contributed by atoms with Crippen molar-refractivity contribution in [1.29, 1.82) is 0 Å². The Balaban J connectivity index is 2.08. The van der Waals surface area contributed by atoms with E-state index in [0.29, 0.717) is 17.7 Å². The number of phenolic OH excluding ortho intramolecular Hbond substituents is 1. The van der Waals surface area contributed by atoms with Crippen LogP contribution in [0.2, 0.25) is 0 Å². The minimum absolute atomic E-state index is 0.00215. The molecule has 0 unspecified atom stereocenters. The van der Waals surface area contributed by atoms with Gasteiger partial charge in [0, 0.05) is 6.42 Å². The standard InChI is InChI=1S/C21H34O3/c1-3-4-5-6-7-8-9-10-11-12-13-14-20(22)19-17-18(24-2)15-16-21(19)23/h15-17,23H,3-14H2,1-2H3. The molecule has 0 fully saturated rings. The van der Waals surface area contributed by atoms with Crippen molar-refractivity contribution in [2.24, 2.45) is 0 Å². The number of benzene rings is 1. The molecule has 3 heteroatoms. The second kappa shape index (κ2) is 12.9. The molecule has 3 nitrogen and oxygen atoms in total. The molecule has 0 bridgehead atoms. The van der Waals surface area contributed by atoms with E-state index in [2.05, 4.69) is 6.92 Å². The fraction of sp³-hybridized carbons (Fsp3) is 0.667. The third-order valence-corrected chi connectivity index (χ3v) is 4.51. The third-order valence-electron chi connectivity index (χ3n) is 4.51. The Bertz CT molecular complexity index is 468. The van der Waals surface area contributed by atoms with Gasteiger partial charge in [0.15, 0.2) is 5.78 Å². The quantitative estimate of drug-likeness (QED) is 0.321. The van der Waals surface area contributed by atoms with Gasteiger partial charge < -0.3 is 9.84 Å². The van der Waals surface area contributed by atoms with E-state index >= 15 is 0 Å². The van der Waals surface area contributed by atoms with E-state index in [9.17, 15) is 9.90 Å². The van der Waals surface area contributed by atoms with Crippen LogP contribution in [0.4, 0.5) is 0 Å². The van der Waals surface area contributed by atoms with Gasteiger partial charge in [-0.3, -0.25) is 4.79 Å². The van der Waals surface area contributed by atoms with Crippen LogP contribution in [-0.2, 0) is 0 Å². The first kappa shape index (κ1) is 20.5. The van der Waals surface area contributed by atoms with Crippen molar-refractivity contribution < 1.29 is 14.6 Å². The van der Waals surface area contributed by atoms with Crippen molar-refractivity contribution >= 4 is 5.78 Å². The first-order valence-electron chi connectivity index (χ1n) is 9.59. The van der Waals surface area contributed by atoms with E-state index in [1.807, 2.05) is 0 Å². The lowest BCUT2D eigenvalue weighted by atomic mass is 10.0. The number of ketones is 1. The Morgan fingerprint density at radius 3 is 2.00 bits per heavy atom. The first-order chi connectivity index (χ1) is 11.7. The number of hydrogen-bond acceptors (Lipinski definition) is 3. The minimum Gasteiger partial charge on any atom is -0.507 e. The number of carbonyl (C=O) groups is 1. The van der Waals surface area contributed by atoms with E-state index in [0.717, 1.165) is 12.8 Å². The minimum atomic E-state index is 0.00215. The molecular weight excluding hydrogens is 300 g/mol. The molecule has 1 rings (SSSR count). The van der Waals surface area contributed by atoms with Gasteiger partial charge in [0.25, 0.3) is 0 Å². The van der Waals surface area contributed by atoms with Crippen LogP contribution in [0, 0.1) is 0 Å². The van der Waals surface area contributed by atoms with E-state index in [-0.39, 0.29) is 11.5 Å². The molecule has 1 N–H and O–H groups in total. The van der Waals surface area contributed by atoms with Crippen LogP contribution >= 0.6 is 0 Å². The fourth-order valence-electron chi connectivity index (χ4n) is 2.95. The Morgan fingerprint density at radius 1 is 0.917 bits per heavy atom. The summed E-state index contributed by atoms with van der Waals surface area (Å²) in [5.74, 6) is 0.654. The van der Waals surface area contributed by atoms with Crippen molar-refractivity contribution in [3.8, 4) is 11.5 Å². The molecule has 1 aromatic carbocycles. The Labute approximate surface area is 147 Å². The molecule has 24 heavy (non-hydrogen) atoms. The number of phenols is 1. The predicted molar refractivity (Wildman–Crippen MR) is 100 cm³/mol. The van der Waals surface area contributed by atoms with Crippen LogP contribution in [0.5, 0.6) is 11.5 Å². The summed E-state index contributed by atoms with van der Waals surface area (Å²) in [6.45, 7) is 2.25. The fourth-order valence-corrected chi connectivity index (χ4v) is 2.95. The number of ether oxygens (including phenoxy) is 1. The van der Waals surface area contributed by atoms with Crippen LogP contribution in [0.1, 0.15) is 94.3 Å². The lowest BCUT2D eigenvalue weighted by Crippen LogP contribution is -2.00. The summed E-state index contributed by atoms with van der Waals surface area (Å²) in [4.78, 5) is 12.2. The van der Waals surface area contributed by atoms with Crippen molar-refractivity contribution in [1.82, 2.24) is 0 Å². The zero-order valence-electron chi connectivity index (χ0n) is 15.5. The summed E-state index contributed by atoms with van der Waals surface area (Å²) in [6.07, 6.45) is 14.4. The van der Waals surface area contributed by atoms with Gasteiger partial charge in [-0.1, -0.05) is 71.1 Å². The van der Waals surface area contributed by atoms with Crippen LogP contribution in [0.15, 0.2) is 18.2 Å². The van der Waals surface area contributed by atoms with E-state index in [4.69, 9.17) is 4.74 Å². The Morgan fingerprint density at radius 2 is 1.46 bits per heavy atom. The molecule has 0 saturated carbocycles. The van der Waals surface area contributed by atoms with E-state index < -0.39 is 0 Å². The molecule has 0 heterocycles. The van der Waals surface area contributed by atoms with Gasteiger partial charge in [0.1, 0.15) is 11.5 Å². The molecule has 1 aromatic rings. The highest BCUT2D eigenvalue weighted by Gasteiger charge is 2.12. The monoisotopic (exact) mass is 334 g/mol. The summed E-state index contributed by atoms with van der Waals surface area (Å²) in [5.41, 5.74) is 0.376. The van der Waals surface area contributed by atoms with E-state index in [1.165, 1.54) is 63.9 Å². The summed E-state index contributed by atoms with van der Waals surface area (Å²) in [6, 6.07) is 4.80. The van der Waals surface area contributed by atoms with E-state index in [1.54, 1.807) is 19.2 Å². The number of aromatic hydroxyl groups is 1. The highest BCUT2D eigenvalue weighted by molar-refractivity contribution is 5.98. The molecule has 0 aliphatic heterocycles. The molecule has 0 radical (unpaired) electrons. The maximum atomic E-state index is 12.2. The van der Waals surface area contributed by atoms with Gasteiger partial charge in [0.2, 0.25) is 0 Å². The number of hydrogen-bond donors (Lipinski definition) is 1. The van der Waals surface area contributed by atoms with Crippen molar-refractivity contribution in [3.63, 3.8) is 0 Å². The second-order valence-electron chi connectivity index (χ2n) is 6.59. The summed E-state index contributed by atoms with van der Waals surface area (Å²) < 4.78 is 5.11. The average Bonchev–Trinajstić information content (AvgIpc) is 2.60. The highest BCUT2D eigenvalue weighted by atomic mass is 16.5. The van der Waals surface area contributed by atoms with Gasteiger partial charge >= 0.3 is 0 Å². The Kier molecular flexibility index (Phi) is 11.0. The second-order valence-corrected chi connectivity index (χ2v) is 6.59. The van der Waals surface area contributed by atoms with Gasteiger partial charge in [-0.15, -0.1) is 0 Å². The zero-order valence-corrected chi connectivity index (χ0v) is 15.5. The third kappa shape index (κ3) is 8.37. The SMILES string of the molecule is CCCCCCCCCCCCCC(=O)c1cc(OC)ccc1O. The normalized spacial score (nSPS) is 10.8. The van der Waals surface area contributed by atoms with Crippen molar-refractivity contribution in [3.05, 3.63) is 23.8 Å². The maximum absolute atomic E-state index is 12.2. The summed E-state index contributed by atoms with van der Waals surface area (Å²) in [7, 11) is 1.56. The number of unbranched alkanes of at least 4 members (excludes halogenated alkanes) is 10. The van der Waals surface area contributed by atoms with Gasteiger partial charge in [-0.2, -0.15) is 0 Å². The Hall–Kier alpha value is -1.51. The summed E-state index contributed by atoms with van der Waals surface area (Å²) >= 11 is 0. The maximum Gasteiger partial charge on any atom is 0.166 e. The largest absolute Gasteiger partial charge is 0.507 e. The van der Waals surface area contributed by atoms with Crippen molar-refractivity contribution in [2.45, 2.75) is 84.0 Å². The van der Waals surface area contributed by atoms with Crippen LogP contribution in [0.25, 0.3) is 0 Å². The van der Waals surface area contributed by atoms with Crippen LogP contribution in [0.3, 0.4) is 0 Å². The van der Waals surface area contributed by atoms with Gasteiger partial charge in [0.05, 0.1) is 12.7 Å². The molecule has 0 amide bonds. The van der Waals surface area contributed by atoms with Crippen molar-refractivity contribution in [2.75, 3.05) is 7.11 Å². The zero-order chi connectivity index (χ0) is 17.6. The number of Topliss-reactive ketones (excluding diaryl/α,β-unsaturated/α-hetero) is 1. The first-order valence-corrected chi connectivity index (χ1v) is 9.59. The predicted octanol–water partition coefficient (Wildman–Crippen LogP) is 6.28. The molecule has 0 aliphatic rings. The van der Waals surface area contributed by atoms with Gasteiger partial charge in [-0.25, -0.2) is 0 Å². The van der Waals surface area contributed by atoms with Crippen LogP contribution < -0.4 is 4.74 Å². The molecule has 0 aliphatic carbocycles. The number of rotatable bonds is 14. The lowest BCUT2D eigenvalue weighted by molar-refractivity contribution is 0.0976. The molecule has 0 aromatic heterocycles. The van der Waals surface area contributed by atoms with Crippen LogP contribution in [-0.4, -0.2) is 18.0 Å². The molecule has 136 valence electrons. The topological polar surface area (TPSA) is 46.5 Å². The highest BCUT2D eigenvalue weighted by Crippen LogP contribution is 2.25. The number of methoxy groups -OCH3 is 1. The average molecular weight is 334 g/mol. The van der Waals surface area contributed by atoms with Gasteiger partial charge in [-0.05, 0) is 24.6 Å². The molecular formula is C21H34O3. The number of carbonyl (C=O) groups excluding carboxylic acids is 1.